The molecule has 0 aliphatic heterocycles. The van der Waals surface area contributed by atoms with Gasteiger partial charge in [0.2, 0.25) is 0 Å². The van der Waals surface area contributed by atoms with Crippen molar-refractivity contribution in [3.63, 3.8) is 0 Å². The Labute approximate surface area is 111 Å². The summed E-state index contributed by atoms with van der Waals surface area (Å²) in [5.74, 6) is 0.846. The predicted molar refractivity (Wildman–Crippen MR) is 75.3 cm³/mol. The molecule has 0 fully saturated rings. The summed E-state index contributed by atoms with van der Waals surface area (Å²) < 4.78 is 2.03. The molecule has 0 saturated carbocycles. The van der Waals surface area contributed by atoms with Crippen LogP contribution in [0, 0.1) is 0 Å². The number of anilines is 2. The standard InChI is InChI=1S/C14H15N5/c1-2-7-19-13-6-4-3-5-12(13)14(18-19)17-11-8-15-10-16-9-11/h3-6,8-10H,2,7H2,1H3,(H,17,18). The zero-order valence-corrected chi connectivity index (χ0v) is 10.7. The lowest BCUT2D eigenvalue weighted by Gasteiger charge is -2.01. The summed E-state index contributed by atoms with van der Waals surface area (Å²) in [7, 11) is 0. The van der Waals surface area contributed by atoms with Gasteiger partial charge in [0.05, 0.1) is 23.6 Å². The van der Waals surface area contributed by atoms with E-state index < -0.39 is 0 Å². The van der Waals surface area contributed by atoms with Gasteiger partial charge in [-0.2, -0.15) is 5.10 Å². The van der Waals surface area contributed by atoms with Crippen molar-refractivity contribution < 1.29 is 0 Å². The van der Waals surface area contributed by atoms with Crippen molar-refractivity contribution in [2.24, 2.45) is 0 Å². The smallest absolute Gasteiger partial charge is 0.160 e. The van der Waals surface area contributed by atoms with Crippen molar-refractivity contribution in [3.05, 3.63) is 43.0 Å². The van der Waals surface area contributed by atoms with Crippen LogP contribution >= 0.6 is 0 Å². The molecule has 0 radical (unpaired) electrons. The molecule has 0 unspecified atom stereocenters. The summed E-state index contributed by atoms with van der Waals surface area (Å²) in [6.45, 7) is 3.06. The number of nitrogens with zero attached hydrogens (tertiary/aromatic N) is 4. The van der Waals surface area contributed by atoms with E-state index in [2.05, 4.69) is 39.4 Å². The molecule has 5 nitrogen and oxygen atoms in total. The van der Waals surface area contributed by atoms with Crippen molar-refractivity contribution >= 4 is 22.4 Å². The van der Waals surface area contributed by atoms with E-state index in [-0.39, 0.29) is 0 Å². The highest BCUT2D eigenvalue weighted by atomic mass is 15.3. The lowest BCUT2D eigenvalue weighted by atomic mass is 10.2. The Morgan fingerprint density at radius 1 is 1.16 bits per heavy atom. The third-order valence-corrected chi connectivity index (χ3v) is 2.92. The van der Waals surface area contributed by atoms with E-state index in [1.54, 1.807) is 12.4 Å². The third kappa shape index (κ3) is 2.27. The summed E-state index contributed by atoms with van der Waals surface area (Å²) in [4.78, 5) is 7.99. The Balaban J connectivity index is 2.03. The van der Waals surface area contributed by atoms with Gasteiger partial charge in [-0.05, 0) is 18.6 Å². The molecule has 3 rings (SSSR count). The highest BCUT2D eigenvalue weighted by Crippen LogP contribution is 2.25. The van der Waals surface area contributed by atoms with Gasteiger partial charge < -0.3 is 5.32 Å². The Hall–Kier alpha value is -2.43. The van der Waals surface area contributed by atoms with E-state index in [0.717, 1.165) is 35.4 Å². The first-order valence-corrected chi connectivity index (χ1v) is 6.36. The molecule has 3 aromatic rings. The van der Waals surface area contributed by atoms with Gasteiger partial charge in [-0.25, -0.2) is 9.97 Å². The maximum absolute atomic E-state index is 4.62. The minimum Gasteiger partial charge on any atom is -0.336 e. The number of fused-ring (bicyclic) bond motifs is 1. The lowest BCUT2D eigenvalue weighted by molar-refractivity contribution is 0.625. The predicted octanol–water partition coefficient (Wildman–Crippen LogP) is 2.98. The molecule has 0 aliphatic carbocycles. The summed E-state index contributed by atoms with van der Waals surface area (Å²) in [6, 6.07) is 8.21. The molecule has 0 bridgehead atoms. The number of hydrogen-bond acceptors (Lipinski definition) is 4. The van der Waals surface area contributed by atoms with E-state index >= 15 is 0 Å². The molecular formula is C14H15N5. The van der Waals surface area contributed by atoms with Crippen LogP contribution in [-0.2, 0) is 6.54 Å². The summed E-state index contributed by atoms with van der Waals surface area (Å²) in [5.41, 5.74) is 1.98. The molecule has 0 atom stereocenters. The molecule has 5 heteroatoms. The summed E-state index contributed by atoms with van der Waals surface area (Å²) in [6.07, 6.45) is 6.04. The van der Waals surface area contributed by atoms with E-state index in [9.17, 15) is 0 Å². The SMILES string of the molecule is CCCn1nc(Nc2cncnc2)c2ccccc21. The minimum atomic E-state index is 0.842. The lowest BCUT2D eigenvalue weighted by Crippen LogP contribution is -1.99. The van der Waals surface area contributed by atoms with Crippen LogP contribution in [-0.4, -0.2) is 19.7 Å². The molecule has 2 aromatic heterocycles. The first-order chi connectivity index (χ1) is 9.38. The van der Waals surface area contributed by atoms with Crippen LogP contribution in [0.25, 0.3) is 10.9 Å². The molecular weight excluding hydrogens is 238 g/mol. The second-order valence-electron chi connectivity index (χ2n) is 4.34. The van der Waals surface area contributed by atoms with Crippen LogP contribution in [0.5, 0.6) is 0 Å². The van der Waals surface area contributed by atoms with Crippen LogP contribution in [0.3, 0.4) is 0 Å². The van der Waals surface area contributed by atoms with Gasteiger partial charge >= 0.3 is 0 Å². The second kappa shape index (κ2) is 5.06. The molecule has 0 amide bonds. The van der Waals surface area contributed by atoms with E-state index in [1.165, 1.54) is 6.33 Å². The molecule has 0 saturated heterocycles. The molecule has 0 spiro atoms. The van der Waals surface area contributed by atoms with Crippen molar-refractivity contribution in [2.45, 2.75) is 19.9 Å². The molecule has 2 heterocycles. The van der Waals surface area contributed by atoms with E-state index in [0.29, 0.717) is 0 Å². The third-order valence-electron chi connectivity index (χ3n) is 2.92. The van der Waals surface area contributed by atoms with Crippen LogP contribution in [0.2, 0.25) is 0 Å². The van der Waals surface area contributed by atoms with E-state index in [1.807, 2.05) is 16.8 Å². The maximum Gasteiger partial charge on any atom is 0.160 e. The number of rotatable bonds is 4. The minimum absolute atomic E-state index is 0.842. The van der Waals surface area contributed by atoms with Gasteiger partial charge in [-0.15, -0.1) is 0 Å². The Morgan fingerprint density at radius 3 is 2.74 bits per heavy atom. The fraction of sp³-hybridized carbons (Fsp3) is 0.214. The Bertz CT molecular complexity index is 675. The van der Waals surface area contributed by atoms with Crippen molar-refractivity contribution in [1.82, 2.24) is 19.7 Å². The van der Waals surface area contributed by atoms with Gasteiger partial charge in [0, 0.05) is 11.9 Å². The first kappa shape index (κ1) is 11.6. The molecule has 1 aromatic carbocycles. The number of aromatic nitrogens is 4. The number of nitrogens with one attached hydrogen (secondary N) is 1. The molecule has 19 heavy (non-hydrogen) atoms. The van der Waals surface area contributed by atoms with Crippen molar-refractivity contribution in [3.8, 4) is 0 Å². The topological polar surface area (TPSA) is 55.6 Å². The largest absolute Gasteiger partial charge is 0.336 e. The highest BCUT2D eigenvalue weighted by Gasteiger charge is 2.09. The quantitative estimate of drug-likeness (QED) is 0.776. The number of para-hydroxylation sites is 1. The van der Waals surface area contributed by atoms with Gasteiger partial charge in [0.15, 0.2) is 5.82 Å². The average Bonchev–Trinajstić information content (AvgIpc) is 2.79. The average molecular weight is 253 g/mol. The second-order valence-corrected chi connectivity index (χ2v) is 4.34. The van der Waals surface area contributed by atoms with Gasteiger partial charge in [0.25, 0.3) is 0 Å². The van der Waals surface area contributed by atoms with Crippen LogP contribution in [0.15, 0.2) is 43.0 Å². The highest BCUT2D eigenvalue weighted by molar-refractivity contribution is 5.91. The molecule has 1 N–H and O–H groups in total. The first-order valence-electron chi connectivity index (χ1n) is 6.36. The fourth-order valence-corrected chi connectivity index (χ4v) is 2.10. The van der Waals surface area contributed by atoms with Gasteiger partial charge in [-0.1, -0.05) is 19.1 Å². The van der Waals surface area contributed by atoms with Crippen molar-refractivity contribution in [1.29, 1.82) is 0 Å². The van der Waals surface area contributed by atoms with Crippen LogP contribution < -0.4 is 5.32 Å². The number of hydrogen-bond donors (Lipinski definition) is 1. The summed E-state index contributed by atoms with van der Waals surface area (Å²) >= 11 is 0. The molecule has 96 valence electrons. The van der Waals surface area contributed by atoms with E-state index in [4.69, 9.17) is 0 Å². The monoisotopic (exact) mass is 253 g/mol. The Kier molecular flexibility index (Phi) is 3.10. The normalized spacial score (nSPS) is 10.8. The van der Waals surface area contributed by atoms with Crippen LogP contribution in [0.4, 0.5) is 11.5 Å². The van der Waals surface area contributed by atoms with Crippen molar-refractivity contribution in [2.75, 3.05) is 5.32 Å². The fourth-order valence-electron chi connectivity index (χ4n) is 2.10. The zero-order chi connectivity index (χ0) is 13.1. The van der Waals surface area contributed by atoms with Crippen LogP contribution in [0.1, 0.15) is 13.3 Å². The molecule has 0 aliphatic rings. The maximum atomic E-state index is 4.62. The Morgan fingerprint density at radius 2 is 1.95 bits per heavy atom. The van der Waals surface area contributed by atoms with Gasteiger partial charge in [-0.3, -0.25) is 4.68 Å². The number of aryl methyl sites for hydroxylation is 1. The zero-order valence-electron chi connectivity index (χ0n) is 10.7. The van der Waals surface area contributed by atoms with Gasteiger partial charge in [0.1, 0.15) is 6.33 Å². The number of benzene rings is 1. The summed E-state index contributed by atoms with van der Waals surface area (Å²) in [5, 5.41) is 9.00.